The minimum Gasteiger partial charge on any atom is -0.358 e. The van der Waals surface area contributed by atoms with E-state index in [4.69, 9.17) is 4.98 Å². The molecule has 1 saturated carbocycles. The van der Waals surface area contributed by atoms with Gasteiger partial charge < -0.3 is 10.3 Å². The predicted octanol–water partition coefficient (Wildman–Crippen LogP) is 6.77. The summed E-state index contributed by atoms with van der Waals surface area (Å²) >= 11 is 1.65. The Morgan fingerprint density at radius 1 is 1.08 bits per heavy atom. The van der Waals surface area contributed by atoms with E-state index in [1.807, 2.05) is 35.7 Å². The molecule has 1 fully saturated rings. The van der Waals surface area contributed by atoms with Crippen molar-refractivity contribution in [1.82, 2.24) is 30.1 Å². The molecule has 176 valence electrons. The summed E-state index contributed by atoms with van der Waals surface area (Å²) in [5, 5.41) is 13.0. The van der Waals surface area contributed by atoms with Crippen LogP contribution in [0.1, 0.15) is 12.8 Å². The van der Waals surface area contributed by atoms with E-state index < -0.39 is 5.82 Å². The van der Waals surface area contributed by atoms with E-state index in [1.54, 1.807) is 29.9 Å². The van der Waals surface area contributed by atoms with E-state index in [-0.39, 0.29) is 5.69 Å². The van der Waals surface area contributed by atoms with Crippen molar-refractivity contribution < 1.29 is 4.39 Å². The highest BCUT2D eigenvalue weighted by Gasteiger charge is 2.25. The second-order valence-corrected chi connectivity index (χ2v) is 9.88. The molecule has 0 saturated heterocycles. The predicted molar refractivity (Wildman–Crippen MR) is 141 cm³/mol. The number of hydrogen-bond donors (Lipinski definition) is 3. The third kappa shape index (κ3) is 3.47. The highest BCUT2D eigenvalue weighted by molar-refractivity contribution is 7.13. The van der Waals surface area contributed by atoms with Gasteiger partial charge in [-0.2, -0.15) is 5.10 Å². The third-order valence-electron chi connectivity index (χ3n) is 6.45. The first kappa shape index (κ1) is 21.0. The Hall–Kier alpha value is -4.37. The van der Waals surface area contributed by atoms with E-state index in [0.29, 0.717) is 33.9 Å². The summed E-state index contributed by atoms with van der Waals surface area (Å²) in [6, 6.07) is 11.9. The molecule has 5 aromatic heterocycles. The lowest BCUT2D eigenvalue weighted by atomic mass is 10.1. The first-order chi connectivity index (χ1) is 17.7. The first-order valence-electron chi connectivity index (χ1n) is 11.6. The van der Waals surface area contributed by atoms with Crippen LogP contribution in [-0.4, -0.2) is 30.1 Å². The highest BCUT2D eigenvalue weighted by Crippen LogP contribution is 2.37. The van der Waals surface area contributed by atoms with Crippen molar-refractivity contribution >= 4 is 39.0 Å². The first-order valence-corrected chi connectivity index (χ1v) is 12.5. The standard InChI is InChI=1S/C27H20FN7S/c1-14(15-7-8-15)31-17-10-16(11-29-12-17)24-23(28)22-20(13-30-24)34-35-26(22)27-32-19-5-2-4-18(25(19)33-27)21-6-3-9-36-21/h2-6,9-13,15,31H,1,7-8H2,(H,32,33)(H,34,35). The molecule has 1 aliphatic rings. The van der Waals surface area contributed by atoms with Gasteiger partial charge >= 0.3 is 0 Å². The fourth-order valence-electron chi connectivity index (χ4n) is 4.48. The lowest BCUT2D eigenvalue weighted by Crippen LogP contribution is -2.01. The van der Waals surface area contributed by atoms with Crippen molar-refractivity contribution in [2.45, 2.75) is 12.8 Å². The van der Waals surface area contributed by atoms with Crippen LogP contribution in [0.5, 0.6) is 0 Å². The fraction of sp³-hybridized carbons (Fsp3) is 0.111. The van der Waals surface area contributed by atoms with E-state index in [2.05, 4.69) is 43.1 Å². The van der Waals surface area contributed by atoms with Crippen molar-refractivity contribution in [3.05, 3.63) is 78.5 Å². The molecule has 0 radical (unpaired) electrons. The van der Waals surface area contributed by atoms with Crippen LogP contribution in [-0.2, 0) is 0 Å². The van der Waals surface area contributed by atoms with Crippen LogP contribution in [0, 0.1) is 11.7 Å². The van der Waals surface area contributed by atoms with Gasteiger partial charge in [-0.1, -0.05) is 24.8 Å². The Morgan fingerprint density at radius 2 is 2.00 bits per heavy atom. The number of aromatic nitrogens is 6. The number of benzene rings is 1. The number of halogens is 1. The molecule has 0 atom stereocenters. The number of allylic oxidation sites excluding steroid dienone is 1. The lowest BCUT2D eigenvalue weighted by molar-refractivity contribution is 0.638. The molecule has 1 aliphatic carbocycles. The number of anilines is 1. The number of imidazole rings is 1. The Balaban J connectivity index is 1.32. The summed E-state index contributed by atoms with van der Waals surface area (Å²) in [4.78, 5) is 17.9. The van der Waals surface area contributed by atoms with Crippen molar-refractivity contribution in [2.24, 2.45) is 5.92 Å². The number of nitrogens with zero attached hydrogens (tertiary/aromatic N) is 4. The summed E-state index contributed by atoms with van der Waals surface area (Å²) in [6.45, 7) is 4.10. The molecule has 6 aromatic rings. The molecule has 3 N–H and O–H groups in total. The molecule has 7 nitrogen and oxygen atoms in total. The number of fused-ring (bicyclic) bond motifs is 2. The van der Waals surface area contributed by atoms with Crippen molar-refractivity contribution in [1.29, 1.82) is 0 Å². The largest absolute Gasteiger partial charge is 0.358 e. The average molecular weight is 494 g/mol. The van der Waals surface area contributed by atoms with E-state index >= 15 is 4.39 Å². The molecular formula is C27H20FN7S. The highest BCUT2D eigenvalue weighted by atomic mass is 32.1. The van der Waals surface area contributed by atoms with Crippen molar-refractivity contribution in [2.75, 3.05) is 5.32 Å². The Kier molecular flexibility index (Phi) is 4.71. The van der Waals surface area contributed by atoms with Gasteiger partial charge in [-0.15, -0.1) is 11.3 Å². The molecule has 0 unspecified atom stereocenters. The van der Waals surface area contributed by atoms with Gasteiger partial charge in [0.15, 0.2) is 11.6 Å². The minimum atomic E-state index is -0.477. The Morgan fingerprint density at radius 3 is 2.83 bits per heavy atom. The Labute approximate surface area is 209 Å². The van der Waals surface area contributed by atoms with Crippen LogP contribution in [0.3, 0.4) is 0 Å². The van der Waals surface area contributed by atoms with Crippen LogP contribution in [0.2, 0.25) is 0 Å². The molecule has 9 heteroatoms. The van der Waals surface area contributed by atoms with Crippen LogP contribution < -0.4 is 5.32 Å². The molecular weight excluding hydrogens is 473 g/mol. The van der Waals surface area contributed by atoms with E-state index in [0.717, 1.165) is 45.7 Å². The minimum absolute atomic E-state index is 0.203. The third-order valence-corrected chi connectivity index (χ3v) is 7.36. The van der Waals surface area contributed by atoms with E-state index in [1.165, 1.54) is 0 Å². The molecule has 0 bridgehead atoms. The normalized spacial score (nSPS) is 13.5. The number of para-hydroxylation sites is 1. The molecule has 36 heavy (non-hydrogen) atoms. The number of H-pyrrole nitrogens is 2. The molecule has 1 aromatic carbocycles. The van der Waals surface area contributed by atoms with Crippen LogP contribution in [0.25, 0.3) is 55.2 Å². The summed E-state index contributed by atoms with van der Waals surface area (Å²) in [5.74, 6) is 0.512. The summed E-state index contributed by atoms with van der Waals surface area (Å²) in [7, 11) is 0. The van der Waals surface area contributed by atoms with Gasteiger partial charge in [0.2, 0.25) is 0 Å². The van der Waals surface area contributed by atoms with Crippen molar-refractivity contribution in [3.8, 4) is 33.2 Å². The zero-order valence-electron chi connectivity index (χ0n) is 19.0. The van der Waals surface area contributed by atoms with Gasteiger partial charge in [-0.3, -0.25) is 15.1 Å². The number of thiophene rings is 1. The summed E-state index contributed by atoms with van der Waals surface area (Å²) < 4.78 is 16.0. The quantitative estimate of drug-likeness (QED) is 0.238. The molecule has 0 spiro atoms. The number of nitrogens with one attached hydrogen (secondary N) is 3. The maximum Gasteiger partial charge on any atom is 0.161 e. The fourth-order valence-corrected chi connectivity index (χ4v) is 5.23. The van der Waals surface area contributed by atoms with Crippen LogP contribution >= 0.6 is 11.3 Å². The van der Waals surface area contributed by atoms with Gasteiger partial charge in [0.1, 0.15) is 11.4 Å². The molecule has 0 aliphatic heterocycles. The monoisotopic (exact) mass is 493 g/mol. The lowest BCUT2D eigenvalue weighted by Gasteiger charge is -2.10. The maximum atomic E-state index is 16.0. The number of rotatable bonds is 6. The van der Waals surface area contributed by atoms with Gasteiger partial charge in [0.05, 0.1) is 40.0 Å². The average Bonchev–Trinajstić information content (AvgIpc) is 3.27. The van der Waals surface area contributed by atoms with Gasteiger partial charge in [-0.25, -0.2) is 9.37 Å². The van der Waals surface area contributed by atoms with Crippen LogP contribution in [0.15, 0.2) is 72.6 Å². The zero-order chi connectivity index (χ0) is 24.2. The second kappa shape index (κ2) is 8.10. The molecule has 7 rings (SSSR count). The Bertz CT molecular complexity index is 1760. The summed E-state index contributed by atoms with van der Waals surface area (Å²) in [6.07, 6.45) is 7.19. The summed E-state index contributed by atoms with van der Waals surface area (Å²) in [5.41, 5.74) is 6.10. The van der Waals surface area contributed by atoms with Gasteiger partial charge in [-0.05, 0) is 42.3 Å². The van der Waals surface area contributed by atoms with Gasteiger partial charge in [0, 0.05) is 27.9 Å². The van der Waals surface area contributed by atoms with Crippen LogP contribution in [0.4, 0.5) is 10.1 Å². The SMILES string of the molecule is C=C(Nc1cncc(-c2ncc3[nH]nc(-c4nc5c(-c6cccs6)cccc5[nH]4)c3c2F)c1)C1CC1. The second-order valence-electron chi connectivity index (χ2n) is 8.93. The molecule has 5 heterocycles. The van der Waals surface area contributed by atoms with E-state index in [9.17, 15) is 0 Å². The maximum absolute atomic E-state index is 16.0. The van der Waals surface area contributed by atoms with Crippen molar-refractivity contribution in [3.63, 3.8) is 0 Å². The number of aromatic amines is 2. The topological polar surface area (TPSA) is 95.2 Å². The number of pyridine rings is 2. The smallest absolute Gasteiger partial charge is 0.161 e. The molecule has 0 amide bonds. The zero-order valence-corrected chi connectivity index (χ0v) is 19.9. The van der Waals surface area contributed by atoms with Gasteiger partial charge in [0.25, 0.3) is 0 Å². The number of hydrogen-bond acceptors (Lipinski definition) is 6.